The maximum absolute atomic E-state index is 12.8. The molecule has 0 atom stereocenters. The van der Waals surface area contributed by atoms with Crippen LogP contribution in [0.1, 0.15) is 27.0 Å². The van der Waals surface area contributed by atoms with Crippen molar-refractivity contribution in [2.24, 2.45) is 5.10 Å². The van der Waals surface area contributed by atoms with Crippen molar-refractivity contribution >= 4 is 35.5 Å². The van der Waals surface area contributed by atoms with E-state index in [1.165, 1.54) is 5.56 Å². The highest BCUT2D eigenvalue weighted by Gasteiger charge is 2.20. The van der Waals surface area contributed by atoms with Crippen molar-refractivity contribution in [1.29, 1.82) is 0 Å². The molecule has 0 aliphatic carbocycles. The molecule has 0 radical (unpaired) electrons. The number of esters is 1. The van der Waals surface area contributed by atoms with Gasteiger partial charge in [-0.25, -0.2) is 0 Å². The second-order valence-electron chi connectivity index (χ2n) is 8.54. The molecule has 2 aromatic carbocycles. The lowest BCUT2D eigenvalue weighted by Crippen LogP contribution is -2.35. The Morgan fingerprint density at radius 2 is 1.86 bits per heavy atom. The van der Waals surface area contributed by atoms with Crippen LogP contribution in [0, 0.1) is 0 Å². The highest BCUT2D eigenvalue weighted by molar-refractivity contribution is 7.99. The summed E-state index contributed by atoms with van der Waals surface area (Å²) < 4.78 is 10.1. The first kappa shape index (κ1) is 25.2. The number of methoxy groups -OCH3 is 1. The van der Waals surface area contributed by atoms with Gasteiger partial charge in [0.1, 0.15) is 6.61 Å². The molecular formula is C26H32N4O4S. The highest BCUT2D eigenvalue weighted by atomic mass is 32.2. The molecule has 1 amide bonds. The first-order valence-corrected chi connectivity index (χ1v) is 13.0. The average molecular weight is 497 g/mol. The maximum atomic E-state index is 12.8. The number of carbonyl (C=O) groups is 2. The lowest BCUT2D eigenvalue weighted by atomic mass is 9.99. The van der Waals surface area contributed by atoms with Gasteiger partial charge in [-0.1, -0.05) is 18.2 Å². The van der Waals surface area contributed by atoms with Gasteiger partial charge in [0.15, 0.2) is 0 Å². The van der Waals surface area contributed by atoms with Crippen molar-refractivity contribution in [2.75, 3.05) is 63.3 Å². The second kappa shape index (κ2) is 12.7. The molecule has 8 nitrogen and oxygen atoms in total. The highest BCUT2D eigenvalue weighted by Crippen LogP contribution is 2.23. The van der Waals surface area contributed by atoms with Crippen LogP contribution >= 0.6 is 11.8 Å². The van der Waals surface area contributed by atoms with E-state index in [4.69, 9.17) is 9.47 Å². The summed E-state index contributed by atoms with van der Waals surface area (Å²) in [6, 6.07) is 13.4. The van der Waals surface area contributed by atoms with Crippen LogP contribution in [-0.2, 0) is 27.2 Å². The van der Waals surface area contributed by atoms with Crippen molar-refractivity contribution in [3.63, 3.8) is 0 Å². The Kier molecular flexibility index (Phi) is 9.16. The summed E-state index contributed by atoms with van der Waals surface area (Å²) in [6.45, 7) is 4.28. The zero-order valence-electron chi connectivity index (χ0n) is 20.1. The van der Waals surface area contributed by atoms with E-state index >= 15 is 0 Å². The van der Waals surface area contributed by atoms with Gasteiger partial charge < -0.3 is 14.8 Å². The molecule has 0 aromatic heterocycles. The summed E-state index contributed by atoms with van der Waals surface area (Å²) in [4.78, 5) is 26.9. The standard InChI is InChI=1S/C26H32N4O4S/c1-33-12-13-34-25(31)19-29-9-8-21-6-7-24(16-23(21)18-29)28-26(32)22-4-2-20(3-5-22)17-27-30-10-14-35-15-11-30/h2-7,16-17H,8-15,18-19H2,1H3,(H,28,32). The number of anilines is 1. The molecule has 2 heterocycles. The summed E-state index contributed by atoms with van der Waals surface area (Å²) in [7, 11) is 1.58. The third-order valence-electron chi connectivity index (χ3n) is 5.99. The minimum Gasteiger partial charge on any atom is -0.462 e. The molecule has 0 saturated carbocycles. The molecule has 0 unspecified atom stereocenters. The van der Waals surface area contributed by atoms with Crippen LogP contribution in [0.2, 0.25) is 0 Å². The second-order valence-corrected chi connectivity index (χ2v) is 9.77. The van der Waals surface area contributed by atoms with E-state index in [2.05, 4.69) is 26.4 Å². The molecular weight excluding hydrogens is 464 g/mol. The van der Waals surface area contributed by atoms with Gasteiger partial charge >= 0.3 is 5.97 Å². The zero-order chi connectivity index (χ0) is 24.5. The van der Waals surface area contributed by atoms with Crippen molar-refractivity contribution in [3.05, 3.63) is 64.7 Å². The van der Waals surface area contributed by atoms with Crippen molar-refractivity contribution in [2.45, 2.75) is 13.0 Å². The molecule has 35 heavy (non-hydrogen) atoms. The number of amides is 1. The number of hydrogen-bond donors (Lipinski definition) is 1. The summed E-state index contributed by atoms with van der Waals surface area (Å²) in [5.74, 6) is 1.81. The fraction of sp³-hybridized carbons (Fsp3) is 0.423. The van der Waals surface area contributed by atoms with Gasteiger partial charge in [-0.15, -0.1) is 0 Å². The van der Waals surface area contributed by atoms with Gasteiger partial charge in [0.05, 0.1) is 19.4 Å². The SMILES string of the molecule is COCCOC(=O)CN1CCc2ccc(NC(=O)c3ccc(C=NN4CCSCC4)cc3)cc2C1. The van der Waals surface area contributed by atoms with Gasteiger partial charge in [-0.3, -0.25) is 19.5 Å². The third-order valence-corrected chi connectivity index (χ3v) is 6.93. The van der Waals surface area contributed by atoms with Crippen LogP contribution in [0.25, 0.3) is 0 Å². The fourth-order valence-electron chi connectivity index (χ4n) is 4.04. The molecule has 2 aliphatic heterocycles. The van der Waals surface area contributed by atoms with Crippen LogP contribution in [-0.4, -0.2) is 86.0 Å². The average Bonchev–Trinajstić information content (AvgIpc) is 2.88. The Morgan fingerprint density at radius 1 is 1.06 bits per heavy atom. The predicted molar refractivity (Wildman–Crippen MR) is 139 cm³/mol. The minimum atomic E-state index is -0.251. The van der Waals surface area contributed by atoms with Gasteiger partial charge in [0.2, 0.25) is 0 Å². The number of hydrazone groups is 1. The zero-order valence-corrected chi connectivity index (χ0v) is 20.9. The van der Waals surface area contributed by atoms with Crippen LogP contribution in [0.15, 0.2) is 47.6 Å². The normalized spacial score (nSPS) is 16.2. The van der Waals surface area contributed by atoms with Gasteiger partial charge in [0.25, 0.3) is 5.91 Å². The molecule has 4 rings (SSSR count). The minimum absolute atomic E-state index is 0.157. The van der Waals surface area contributed by atoms with E-state index in [0.717, 1.165) is 54.4 Å². The maximum Gasteiger partial charge on any atom is 0.320 e. The van der Waals surface area contributed by atoms with E-state index in [9.17, 15) is 9.59 Å². The largest absolute Gasteiger partial charge is 0.462 e. The van der Waals surface area contributed by atoms with Crippen LogP contribution in [0.4, 0.5) is 5.69 Å². The number of carbonyl (C=O) groups excluding carboxylic acids is 2. The van der Waals surface area contributed by atoms with Gasteiger partial charge in [0, 0.05) is 56.0 Å². The number of fused-ring (bicyclic) bond motifs is 1. The smallest absolute Gasteiger partial charge is 0.320 e. The first-order valence-electron chi connectivity index (χ1n) is 11.9. The number of ether oxygens (including phenoxy) is 2. The number of hydrogen-bond acceptors (Lipinski definition) is 8. The van der Waals surface area contributed by atoms with E-state index in [1.54, 1.807) is 7.11 Å². The Morgan fingerprint density at radius 3 is 2.63 bits per heavy atom. The Bertz CT molecular complexity index is 1040. The number of thioether (sulfide) groups is 1. The number of nitrogens with zero attached hydrogens (tertiary/aromatic N) is 3. The topological polar surface area (TPSA) is 83.5 Å². The Hall–Kier alpha value is -2.88. The van der Waals surface area contributed by atoms with Gasteiger partial charge in [-0.05, 0) is 47.4 Å². The van der Waals surface area contributed by atoms with E-state index in [1.807, 2.05) is 54.4 Å². The summed E-state index contributed by atoms with van der Waals surface area (Å²) in [5.41, 5.74) is 4.65. The predicted octanol–water partition coefficient (Wildman–Crippen LogP) is 2.87. The molecule has 2 aliphatic rings. The van der Waals surface area contributed by atoms with Crippen LogP contribution in [0.5, 0.6) is 0 Å². The number of nitrogens with one attached hydrogen (secondary N) is 1. The lowest BCUT2D eigenvalue weighted by Gasteiger charge is -2.28. The third kappa shape index (κ3) is 7.55. The van der Waals surface area contributed by atoms with Crippen molar-refractivity contribution in [3.8, 4) is 0 Å². The summed E-state index contributed by atoms with van der Waals surface area (Å²) in [5, 5.41) is 9.61. The van der Waals surface area contributed by atoms with Crippen LogP contribution < -0.4 is 5.32 Å². The molecule has 186 valence electrons. The molecule has 0 spiro atoms. The van der Waals surface area contributed by atoms with Crippen molar-refractivity contribution in [1.82, 2.24) is 9.91 Å². The summed E-state index contributed by atoms with van der Waals surface area (Å²) >= 11 is 1.95. The molecule has 1 N–H and O–H groups in total. The number of benzene rings is 2. The molecule has 0 bridgehead atoms. The van der Waals surface area contributed by atoms with Crippen LogP contribution in [0.3, 0.4) is 0 Å². The molecule has 1 saturated heterocycles. The van der Waals surface area contributed by atoms with E-state index in [0.29, 0.717) is 18.7 Å². The Balaban J connectivity index is 1.31. The summed E-state index contributed by atoms with van der Waals surface area (Å²) in [6.07, 6.45) is 2.70. The fourth-order valence-corrected chi connectivity index (χ4v) is 4.92. The Labute approximate surface area is 210 Å². The van der Waals surface area contributed by atoms with Gasteiger partial charge in [-0.2, -0.15) is 16.9 Å². The quantitative estimate of drug-likeness (QED) is 0.325. The lowest BCUT2D eigenvalue weighted by molar-refractivity contribution is -0.146. The van der Waals surface area contributed by atoms with E-state index < -0.39 is 0 Å². The molecule has 1 fully saturated rings. The van der Waals surface area contributed by atoms with E-state index in [-0.39, 0.29) is 25.0 Å². The molecule has 2 aromatic rings. The monoisotopic (exact) mass is 496 g/mol. The first-order chi connectivity index (χ1) is 17.1. The number of rotatable bonds is 9. The molecule has 9 heteroatoms. The van der Waals surface area contributed by atoms with Crippen molar-refractivity contribution < 1.29 is 19.1 Å².